The third-order valence-electron chi connectivity index (χ3n) is 2.99. The Hall–Kier alpha value is -0.170. The van der Waals surface area contributed by atoms with E-state index < -0.39 is 10.0 Å². The van der Waals surface area contributed by atoms with Crippen LogP contribution in [0, 0.1) is 0 Å². The Labute approximate surface area is 104 Å². The molecule has 0 aromatic rings. The highest BCUT2D eigenvalue weighted by atomic mass is 32.2. The van der Waals surface area contributed by atoms with E-state index in [1.54, 1.807) is 6.92 Å². The molecule has 0 aliphatic carbocycles. The van der Waals surface area contributed by atoms with Gasteiger partial charge < -0.3 is 10.1 Å². The van der Waals surface area contributed by atoms with Crippen LogP contribution in [0.4, 0.5) is 0 Å². The maximum Gasteiger partial charge on any atom is 0.212 e. The molecule has 2 N–H and O–H groups in total. The molecular formula is C11H24N2O3S. The van der Waals surface area contributed by atoms with Crippen LogP contribution in [0.5, 0.6) is 0 Å². The number of rotatable bonds is 7. The zero-order chi connectivity index (χ0) is 12.7. The van der Waals surface area contributed by atoms with Gasteiger partial charge in [0.25, 0.3) is 0 Å². The van der Waals surface area contributed by atoms with Crippen molar-refractivity contribution in [2.45, 2.75) is 45.3 Å². The van der Waals surface area contributed by atoms with E-state index in [0.717, 1.165) is 25.9 Å². The molecule has 0 saturated carbocycles. The van der Waals surface area contributed by atoms with Crippen LogP contribution in [0.15, 0.2) is 0 Å². The summed E-state index contributed by atoms with van der Waals surface area (Å²) in [5.41, 5.74) is 0. The molecule has 2 atom stereocenters. The average Bonchev–Trinajstić information content (AvgIpc) is 2.29. The molecular weight excluding hydrogens is 240 g/mol. The summed E-state index contributed by atoms with van der Waals surface area (Å²) in [4.78, 5) is 0. The Morgan fingerprint density at radius 2 is 2.12 bits per heavy atom. The maximum absolute atomic E-state index is 11.4. The van der Waals surface area contributed by atoms with Gasteiger partial charge in [0, 0.05) is 25.7 Å². The summed E-state index contributed by atoms with van der Waals surface area (Å²) in [6, 6.07) is 0.394. The Balaban J connectivity index is 2.22. The summed E-state index contributed by atoms with van der Waals surface area (Å²) >= 11 is 0. The fraction of sp³-hybridized carbons (Fsp3) is 1.00. The summed E-state index contributed by atoms with van der Waals surface area (Å²) in [6.45, 7) is 5.64. The summed E-state index contributed by atoms with van der Waals surface area (Å²) in [5.74, 6) is 0.148. The first-order chi connectivity index (χ1) is 8.07. The van der Waals surface area contributed by atoms with E-state index in [1.165, 1.54) is 0 Å². The molecule has 0 radical (unpaired) electrons. The highest BCUT2D eigenvalue weighted by molar-refractivity contribution is 7.89. The SMILES string of the molecule is CCNS(=O)(=O)CCNC1CCOC(CC)C1. The van der Waals surface area contributed by atoms with E-state index >= 15 is 0 Å². The van der Waals surface area contributed by atoms with Crippen molar-refractivity contribution in [2.75, 3.05) is 25.4 Å². The zero-order valence-electron chi connectivity index (χ0n) is 10.7. The first kappa shape index (κ1) is 14.9. The molecule has 102 valence electrons. The summed E-state index contributed by atoms with van der Waals surface area (Å²) < 4.78 is 30.9. The van der Waals surface area contributed by atoms with E-state index in [9.17, 15) is 8.42 Å². The molecule has 2 unspecified atom stereocenters. The van der Waals surface area contributed by atoms with Gasteiger partial charge in [0.1, 0.15) is 0 Å². The minimum absolute atomic E-state index is 0.148. The topological polar surface area (TPSA) is 67.4 Å². The monoisotopic (exact) mass is 264 g/mol. The van der Waals surface area contributed by atoms with Crippen LogP contribution >= 0.6 is 0 Å². The lowest BCUT2D eigenvalue weighted by Gasteiger charge is -2.29. The molecule has 5 nitrogen and oxygen atoms in total. The van der Waals surface area contributed by atoms with Crippen molar-refractivity contribution >= 4 is 10.0 Å². The fourth-order valence-corrected chi connectivity index (χ4v) is 3.01. The van der Waals surface area contributed by atoms with Gasteiger partial charge in [-0.25, -0.2) is 13.1 Å². The lowest BCUT2D eigenvalue weighted by atomic mass is 10.0. The van der Waals surface area contributed by atoms with Gasteiger partial charge in [0.15, 0.2) is 0 Å². The van der Waals surface area contributed by atoms with Gasteiger partial charge in [-0.2, -0.15) is 0 Å². The summed E-state index contributed by atoms with van der Waals surface area (Å²) in [6.07, 6.45) is 3.30. The first-order valence-electron chi connectivity index (χ1n) is 6.39. The summed E-state index contributed by atoms with van der Waals surface area (Å²) in [7, 11) is -3.10. The number of hydrogen-bond donors (Lipinski definition) is 2. The van der Waals surface area contributed by atoms with Crippen LogP contribution in [0.1, 0.15) is 33.1 Å². The highest BCUT2D eigenvalue weighted by Crippen LogP contribution is 2.15. The van der Waals surface area contributed by atoms with Gasteiger partial charge in [-0.15, -0.1) is 0 Å². The molecule has 0 bridgehead atoms. The molecule has 6 heteroatoms. The lowest BCUT2D eigenvalue weighted by molar-refractivity contribution is 0.000338. The van der Waals surface area contributed by atoms with Gasteiger partial charge >= 0.3 is 0 Å². The Morgan fingerprint density at radius 3 is 2.76 bits per heavy atom. The predicted molar refractivity (Wildman–Crippen MR) is 68.5 cm³/mol. The summed E-state index contributed by atoms with van der Waals surface area (Å²) in [5, 5.41) is 3.30. The highest BCUT2D eigenvalue weighted by Gasteiger charge is 2.21. The van der Waals surface area contributed by atoms with E-state index in [4.69, 9.17) is 4.74 Å². The van der Waals surface area contributed by atoms with Gasteiger partial charge in [-0.05, 0) is 19.3 Å². The van der Waals surface area contributed by atoms with Crippen molar-refractivity contribution in [3.63, 3.8) is 0 Å². The third kappa shape index (κ3) is 5.81. The van der Waals surface area contributed by atoms with Gasteiger partial charge in [-0.1, -0.05) is 13.8 Å². The molecule has 1 aliphatic rings. The van der Waals surface area contributed by atoms with Crippen LogP contribution in [0.3, 0.4) is 0 Å². The molecule has 0 aromatic carbocycles. The third-order valence-corrected chi connectivity index (χ3v) is 4.46. The minimum atomic E-state index is -3.10. The molecule has 1 aliphatic heterocycles. The van der Waals surface area contributed by atoms with Gasteiger partial charge in [-0.3, -0.25) is 0 Å². The maximum atomic E-state index is 11.4. The lowest BCUT2D eigenvalue weighted by Crippen LogP contribution is -2.41. The smallest absolute Gasteiger partial charge is 0.212 e. The van der Waals surface area contributed by atoms with Gasteiger partial charge in [0.2, 0.25) is 10.0 Å². The Kier molecular flexibility index (Phi) is 6.40. The molecule has 0 amide bonds. The van der Waals surface area contributed by atoms with Crippen molar-refractivity contribution in [1.29, 1.82) is 0 Å². The van der Waals surface area contributed by atoms with E-state index in [1.807, 2.05) is 0 Å². The van der Waals surface area contributed by atoms with Crippen LogP contribution in [-0.2, 0) is 14.8 Å². The van der Waals surface area contributed by atoms with E-state index in [0.29, 0.717) is 25.2 Å². The first-order valence-corrected chi connectivity index (χ1v) is 8.05. The van der Waals surface area contributed by atoms with Gasteiger partial charge in [0.05, 0.1) is 11.9 Å². The zero-order valence-corrected chi connectivity index (χ0v) is 11.6. The van der Waals surface area contributed by atoms with Crippen molar-refractivity contribution in [1.82, 2.24) is 10.0 Å². The predicted octanol–water partition coefficient (Wildman–Crippen LogP) is 0.473. The average molecular weight is 264 g/mol. The second kappa shape index (κ2) is 7.31. The normalized spacial score (nSPS) is 26.0. The quantitative estimate of drug-likeness (QED) is 0.701. The standard InChI is InChI=1S/C11H24N2O3S/c1-3-11-9-10(5-7-16-11)12-6-8-17(14,15)13-4-2/h10-13H,3-9H2,1-2H3. The molecule has 1 fully saturated rings. The Bertz CT molecular complexity index is 306. The molecule has 1 heterocycles. The van der Waals surface area contributed by atoms with Crippen molar-refractivity contribution in [2.24, 2.45) is 0 Å². The number of ether oxygens (including phenoxy) is 1. The van der Waals surface area contributed by atoms with Crippen molar-refractivity contribution in [3.05, 3.63) is 0 Å². The Morgan fingerprint density at radius 1 is 1.35 bits per heavy atom. The van der Waals surface area contributed by atoms with E-state index in [2.05, 4.69) is 17.0 Å². The molecule has 17 heavy (non-hydrogen) atoms. The number of hydrogen-bond acceptors (Lipinski definition) is 4. The second-order valence-electron chi connectivity index (χ2n) is 4.39. The number of sulfonamides is 1. The van der Waals surface area contributed by atoms with Crippen LogP contribution in [-0.4, -0.2) is 46.0 Å². The minimum Gasteiger partial charge on any atom is -0.378 e. The second-order valence-corrected chi connectivity index (χ2v) is 6.32. The van der Waals surface area contributed by atoms with E-state index in [-0.39, 0.29) is 5.75 Å². The van der Waals surface area contributed by atoms with Crippen LogP contribution in [0.25, 0.3) is 0 Å². The fourth-order valence-electron chi connectivity index (χ4n) is 2.04. The molecule has 1 rings (SSSR count). The number of nitrogens with one attached hydrogen (secondary N) is 2. The largest absolute Gasteiger partial charge is 0.378 e. The van der Waals surface area contributed by atoms with Crippen molar-refractivity contribution in [3.8, 4) is 0 Å². The van der Waals surface area contributed by atoms with Crippen LogP contribution < -0.4 is 10.0 Å². The van der Waals surface area contributed by atoms with Crippen molar-refractivity contribution < 1.29 is 13.2 Å². The molecule has 1 saturated heterocycles. The molecule has 0 spiro atoms. The van der Waals surface area contributed by atoms with Crippen LogP contribution in [0.2, 0.25) is 0 Å². The molecule has 0 aromatic heterocycles.